The molecule has 0 unspecified atom stereocenters. The van der Waals surface area contributed by atoms with E-state index in [1.165, 1.54) is 33.5 Å². The first-order valence-corrected chi connectivity index (χ1v) is 11.0. The summed E-state index contributed by atoms with van der Waals surface area (Å²) in [6.07, 6.45) is 1.02. The van der Waals surface area contributed by atoms with Gasteiger partial charge in [0.25, 0.3) is 0 Å². The zero-order valence-electron chi connectivity index (χ0n) is 18.3. The van der Waals surface area contributed by atoms with Crippen LogP contribution in [0.3, 0.4) is 0 Å². The highest BCUT2D eigenvalue weighted by molar-refractivity contribution is 7.92. The van der Waals surface area contributed by atoms with Crippen molar-refractivity contribution >= 4 is 33.3 Å². The minimum atomic E-state index is -3.76. The van der Waals surface area contributed by atoms with E-state index in [0.29, 0.717) is 5.69 Å². The Morgan fingerprint density at radius 2 is 1.48 bits per heavy atom. The van der Waals surface area contributed by atoms with Crippen LogP contribution in [0.5, 0.6) is 11.5 Å². The third-order valence-electron chi connectivity index (χ3n) is 4.39. The second kappa shape index (κ2) is 9.69. The van der Waals surface area contributed by atoms with E-state index >= 15 is 0 Å². The van der Waals surface area contributed by atoms with Gasteiger partial charge in [-0.25, -0.2) is 13.2 Å². The number of methoxy groups -OCH3 is 3. The molecule has 9 nitrogen and oxygen atoms in total. The van der Waals surface area contributed by atoms with Gasteiger partial charge >= 0.3 is 5.97 Å². The Morgan fingerprint density at radius 1 is 0.935 bits per heavy atom. The number of nitrogens with zero attached hydrogens (tertiary/aromatic N) is 1. The quantitative estimate of drug-likeness (QED) is 0.615. The number of amides is 1. The van der Waals surface area contributed by atoms with Gasteiger partial charge in [0.05, 0.1) is 44.5 Å². The lowest BCUT2D eigenvalue weighted by Gasteiger charge is -2.23. The van der Waals surface area contributed by atoms with Crippen LogP contribution in [0.4, 0.5) is 11.4 Å². The Kier molecular flexibility index (Phi) is 7.50. The number of hydrogen-bond donors (Lipinski definition) is 1. The molecular formula is C21H26N2O7S. The van der Waals surface area contributed by atoms with Crippen molar-refractivity contribution in [3.8, 4) is 11.5 Å². The molecule has 1 N–H and O–H groups in total. The molecule has 10 heteroatoms. The summed E-state index contributed by atoms with van der Waals surface area (Å²) >= 11 is 0. The van der Waals surface area contributed by atoms with Gasteiger partial charge in [-0.2, -0.15) is 0 Å². The summed E-state index contributed by atoms with van der Waals surface area (Å²) in [7, 11) is 0.264. The van der Waals surface area contributed by atoms with Crippen LogP contribution in [0.1, 0.15) is 21.5 Å². The number of rotatable bonds is 8. The lowest BCUT2D eigenvalue weighted by Crippen LogP contribution is -2.37. The number of hydrogen-bond acceptors (Lipinski definition) is 7. The average Bonchev–Trinajstić information content (AvgIpc) is 2.69. The van der Waals surface area contributed by atoms with Crippen LogP contribution in [0.2, 0.25) is 0 Å². The maximum atomic E-state index is 12.8. The first kappa shape index (κ1) is 24.0. The number of carbonyl (C=O) groups excluding carboxylic acids is 2. The van der Waals surface area contributed by atoms with Crippen molar-refractivity contribution in [1.82, 2.24) is 0 Å². The van der Waals surface area contributed by atoms with Crippen molar-refractivity contribution in [2.75, 3.05) is 43.8 Å². The van der Waals surface area contributed by atoms with Crippen LogP contribution in [0.25, 0.3) is 0 Å². The molecule has 168 valence electrons. The van der Waals surface area contributed by atoms with Crippen LogP contribution >= 0.6 is 0 Å². The second-order valence-corrected chi connectivity index (χ2v) is 8.81. The van der Waals surface area contributed by atoms with E-state index in [0.717, 1.165) is 21.7 Å². The number of anilines is 2. The molecule has 2 aromatic carbocycles. The monoisotopic (exact) mass is 450 g/mol. The fraction of sp³-hybridized carbons (Fsp3) is 0.333. The Labute approximate surface area is 182 Å². The SMILES string of the molecule is COC(=O)c1cc(OC)c(OC)cc1NC(=O)CN(c1cc(C)cc(C)c1)S(C)(=O)=O. The third-order valence-corrected chi connectivity index (χ3v) is 5.53. The zero-order valence-corrected chi connectivity index (χ0v) is 19.1. The number of carbonyl (C=O) groups is 2. The van der Waals surface area contributed by atoms with E-state index in [1.807, 2.05) is 19.9 Å². The molecule has 0 aliphatic rings. The van der Waals surface area contributed by atoms with E-state index in [2.05, 4.69) is 5.32 Å². The Hall–Kier alpha value is -3.27. The average molecular weight is 451 g/mol. The molecule has 0 aliphatic heterocycles. The fourth-order valence-electron chi connectivity index (χ4n) is 3.08. The molecule has 0 spiro atoms. The molecule has 0 fully saturated rings. The number of ether oxygens (including phenoxy) is 3. The van der Waals surface area contributed by atoms with Gasteiger partial charge in [0.1, 0.15) is 6.54 Å². The van der Waals surface area contributed by atoms with E-state index in [9.17, 15) is 18.0 Å². The minimum absolute atomic E-state index is 0.0332. The standard InChI is InChI=1S/C21H26N2O7S/c1-13-7-14(2)9-15(8-13)23(31(6,26)27)12-20(24)22-17-11-19(29-4)18(28-3)10-16(17)21(25)30-5/h7-11H,12H2,1-6H3,(H,22,24). The molecule has 0 bridgehead atoms. The van der Waals surface area contributed by atoms with Crippen molar-refractivity contribution in [3.05, 3.63) is 47.0 Å². The molecule has 0 saturated carbocycles. The molecule has 0 radical (unpaired) electrons. The van der Waals surface area contributed by atoms with Gasteiger partial charge in [-0.15, -0.1) is 0 Å². The van der Waals surface area contributed by atoms with Gasteiger partial charge in [0.2, 0.25) is 15.9 Å². The van der Waals surface area contributed by atoms with Crippen LogP contribution in [0, 0.1) is 13.8 Å². The molecule has 0 aromatic heterocycles. The topological polar surface area (TPSA) is 111 Å². The van der Waals surface area contributed by atoms with E-state index in [-0.39, 0.29) is 22.7 Å². The Morgan fingerprint density at radius 3 is 1.97 bits per heavy atom. The molecule has 0 atom stereocenters. The molecule has 2 aromatic rings. The van der Waals surface area contributed by atoms with Crippen LogP contribution in [0.15, 0.2) is 30.3 Å². The predicted molar refractivity (Wildman–Crippen MR) is 118 cm³/mol. The number of benzene rings is 2. The number of nitrogens with one attached hydrogen (secondary N) is 1. The highest BCUT2D eigenvalue weighted by atomic mass is 32.2. The van der Waals surface area contributed by atoms with Gasteiger partial charge in [-0.05, 0) is 37.1 Å². The van der Waals surface area contributed by atoms with Crippen molar-refractivity contribution < 1.29 is 32.2 Å². The van der Waals surface area contributed by atoms with Crippen molar-refractivity contribution in [2.45, 2.75) is 13.8 Å². The highest BCUT2D eigenvalue weighted by Crippen LogP contribution is 2.34. The Bertz CT molecular complexity index is 1080. The largest absolute Gasteiger partial charge is 0.493 e. The normalized spacial score (nSPS) is 10.9. The molecular weight excluding hydrogens is 424 g/mol. The zero-order chi connectivity index (χ0) is 23.3. The molecule has 0 aliphatic carbocycles. The van der Waals surface area contributed by atoms with Gasteiger partial charge in [-0.1, -0.05) is 6.07 Å². The summed E-state index contributed by atoms with van der Waals surface area (Å²) in [5.41, 5.74) is 2.22. The van der Waals surface area contributed by atoms with E-state index < -0.39 is 28.4 Å². The molecule has 1 amide bonds. The minimum Gasteiger partial charge on any atom is -0.493 e. The smallest absolute Gasteiger partial charge is 0.340 e. The third kappa shape index (κ3) is 5.88. The summed E-state index contributed by atoms with van der Waals surface area (Å²) in [5, 5.41) is 2.57. The van der Waals surface area contributed by atoms with E-state index in [4.69, 9.17) is 14.2 Å². The summed E-state index contributed by atoms with van der Waals surface area (Å²) in [6.45, 7) is 3.18. The van der Waals surface area contributed by atoms with E-state index in [1.54, 1.807) is 12.1 Å². The summed E-state index contributed by atoms with van der Waals surface area (Å²) < 4.78 is 40.9. The maximum Gasteiger partial charge on any atom is 0.340 e. The summed E-state index contributed by atoms with van der Waals surface area (Å²) in [5.74, 6) is -0.805. The van der Waals surface area contributed by atoms with Crippen LogP contribution < -0.4 is 19.1 Å². The molecule has 0 saturated heterocycles. The van der Waals surface area contributed by atoms with Gasteiger partial charge in [-0.3, -0.25) is 9.10 Å². The van der Waals surface area contributed by atoms with Gasteiger partial charge < -0.3 is 19.5 Å². The molecule has 0 heterocycles. The maximum absolute atomic E-state index is 12.8. The van der Waals surface area contributed by atoms with Gasteiger partial charge in [0.15, 0.2) is 11.5 Å². The number of esters is 1. The highest BCUT2D eigenvalue weighted by Gasteiger charge is 2.24. The lowest BCUT2D eigenvalue weighted by molar-refractivity contribution is -0.114. The number of aryl methyl sites for hydroxylation is 2. The van der Waals surface area contributed by atoms with Crippen molar-refractivity contribution in [1.29, 1.82) is 0 Å². The van der Waals surface area contributed by atoms with Crippen molar-refractivity contribution in [2.24, 2.45) is 0 Å². The summed E-state index contributed by atoms with van der Waals surface area (Å²) in [4.78, 5) is 25.0. The Balaban J connectivity index is 2.41. The first-order chi connectivity index (χ1) is 14.5. The first-order valence-electron chi connectivity index (χ1n) is 9.20. The molecule has 31 heavy (non-hydrogen) atoms. The van der Waals surface area contributed by atoms with Gasteiger partial charge in [0, 0.05) is 12.1 Å². The lowest BCUT2D eigenvalue weighted by atomic mass is 10.1. The van der Waals surface area contributed by atoms with Crippen LogP contribution in [-0.2, 0) is 19.6 Å². The molecule has 2 rings (SSSR count). The predicted octanol–water partition coefficient (Wildman–Crippen LogP) is 2.51. The van der Waals surface area contributed by atoms with Crippen molar-refractivity contribution in [3.63, 3.8) is 0 Å². The summed E-state index contributed by atoms with van der Waals surface area (Å²) in [6, 6.07) is 8.04. The van der Waals surface area contributed by atoms with Crippen LogP contribution in [-0.4, -0.2) is 54.4 Å². The fourth-order valence-corrected chi connectivity index (χ4v) is 3.92. The second-order valence-electron chi connectivity index (χ2n) is 6.91. The number of sulfonamides is 1.